The lowest BCUT2D eigenvalue weighted by Crippen LogP contribution is -2.30. The Morgan fingerprint density at radius 2 is 2.35 bits per heavy atom. The van der Waals surface area contributed by atoms with Crippen molar-refractivity contribution in [1.29, 1.82) is 0 Å². The molecule has 5 heteroatoms. The van der Waals surface area contributed by atoms with Gasteiger partial charge >= 0.3 is 0 Å². The van der Waals surface area contributed by atoms with Gasteiger partial charge in [0.1, 0.15) is 17.6 Å². The van der Waals surface area contributed by atoms with Crippen LogP contribution in [-0.2, 0) is 11.2 Å². The molecule has 0 aromatic heterocycles. The van der Waals surface area contributed by atoms with Gasteiger partial charge in [-0.15, -0.1) is 0 Å². The van der Waals surface area contributed by atoms with E-state index < -0.39 is 0 Å². The molecule has 0 radical (unpaired) electrons. The largest absolute Gasteiger partial charge is 0.493 e. The second-order valence-corrected chi connectivity index (χ2v) is 6.23. The molecule has 2 atom stereocenters. The molecule has 124 valence electrons. The van der Waals surface area contributed by atoms with E-state index in [2.05, 4.69) is 6.92 Å². The molecule has 5 nitrogen and oxygen atoms in total. The molecular formula is C18H24N2O3. The minimum atomic E-state index is -0.00446. The summed E-state index contributed by atoms with van der Waals surface area (Å²) in [6, 6.07) is 4.09. The second kappa shape index (κ2) is 6.62. The van der Waals surface area contributed by atoms with E-state index in [1.165, 1.54) is 0 Å². The first kappa shape index (κ1) is 15.9. The molecule has 0 aliphatic carbocycles. The highest BCUT2D eigenvalue weighted by atomic mass is 16.5. The summed E-state index contributed by atoms with van der Waals surface area (Å²) < 4.78 is 11.5. The number of amides is 1. The Bertz CT molecular complexity index is 627. The molecule has 0 saturated carbocycles. The summed E-state index contributed by atoms with van der Waals surface area (Å²) >= 11 is 0. The smallest absolute Gasteiger partial charge is 0.246 e. The highest BCUT2D eigenvalue weighted by Crippen LogP contribution is 2.35. The van der Waals surface area contributed by atoms with E-state index in [9.17, 15) is 4.79 Å². The highest BCUT2D eigenvalue weighted by molar-refractivity contribution is 5.92. The average molecular weight is 316 g/mol. The Morgan fingerprint density at radius 1 is 1.52 bits per heavy atom. The lowest BCUT2D eigenvalue weighted by Gasteiger charge is -2.13. The van der Waals surface area contributed by atoms with Gasteiger partial charge in [0.25, 0.3) is 0 Å². The van der Waals surface area contributed by atoms with Crippen molar-refractivity contribution in [3.63, 3.8) is 0 Å². The van der Waals surface area contributed by atoms with Gasteiger partial charge in [-0.25, -0.2) is 0 Å². The average Bonchev–Trinajstić information content (AvgIpc) is 3.09. The van der Waals surface area contributed by atoms with Gasteiger partial charge in [-0.05, 0) is 38.5 Å². The van der Waals surface area contributed by atoms with E-state index in [-0.39, 0.29) is 18.1 Å². The van der Waals surface area contributed by atoms with E-state index in [1.807, 2.05) is 25.1 Å². The molecule has 1 aromatic carbocycles. The van der Waals surface area contributed by atoms with Crippen molar-refractivity contribution in [1.82, 2.24) is 4.90 Å². The summed E-state index contributed by atoms with van der Waals surface area (Å²) in [7, 11) is 0. The zero-order chi connectivity index (χ0) is 16.4. The van der Waals surface area contributed by atoms with Crippen LogP contribution in [0.3, 0.4) is 0 Å². The third kappa shape index (κ3) is 3.50. The molecule has 2 aliphatic heterocycles. The molecule has 0 bridgehead atoms. The Labute approximate surface area is 137 Å². The normalized spacial score (nSPS) is 23.2. The number of rotatable bonds is 4. The van der Waals surface area contributed by atoms with Gasteiger partial charge in [0.05, 0.1) is 6.61 Å². The van der Waals surface area contributed by atoms with Crippen molar-refractivity contribution < 1.29 is 14.3 Å². The van der Waals surface area contributed by atoms with Gasteiger partial charge in [0, 0.05) is 42.8 Å². The lowest BCUT2D eigenvalue weighted by molar-refractivity contribution is -0.124. The minimum absolute atomic E-state index is 0.00446. The van der Waals surface area contributed by atoms with Crippen molar-refractivity contribution in [2.45, 2.75) is 38.8 Å². The van der Waals surface area contributed by atoms with Crippen LogP contribution in [0, 0.1) is 0 Å². The number of benzene rings is 1. The zero-order valence-electron chi connectivity index (χ0n) is 13.7. The summed E-state index contributed by atoms with van der Waals surface area (Å²) in [6.07, 6.45) is 5.36. The summed E-state index contributed by atoms with van der Waals surface area (Å²) in [5, 5.41) is 0. The first-order valence-electron chi connectivity index (χ1n) is 8.25. The Hall–Kier alpha value is -2.01. The maximum atomic E-state index is 12.2. The Balaban J connectivity index is 1.79. The summed E-state index contributed by atoms with van der Waals surface area (Å²) in [4.78, 5) is 14.0. The first-order valence-corrected chi connectivity index (χ1v) is 8.25. The number of ether oxygens (including phenoxy) is 2. The van der Waals surface area contributed by atoms with Crippen molar-refractivity contribution in [2.75, 3.05) is 19.7 Å². The zero-order valence-corrected chi connectivity index (χ0v) is 13.7. The van der Waals surface area contributed by atoms with Gasteiger partial charge in [0.15, 0.2) is 0 Å². The topological polar surface area (TPSA) is 64.8 Å². The fraction of sp³-hybridized carbons (Fsp3) is 0.500. The molecule has 2 N–H and O–H groups in total. The number of nitrogens with two attached hydrogens (primary N) is 1. The van der Waals surface area contributed by atoms with Crippen LogP contribution in [0.25, 0.3) is 6.08 Å². The molecule has 1 saturated heterocycles. The van der Waals surface area contributed by atoms with Crippen LogP contribution in [0.15, 0.2) is 18.2 Å². The van der Waals surface area contributed by atoms with E-state index in [0.29, 0.717) is 13.2 Å². The highest BCUT2D eigenvalue weighted by Gasteiger charge is 2.23. The Morgan fingerprint density at radius 3 is 3.04 bits per heavy atom. The number of likely N-dealkylation sites (tertiary alicyclic amines) is 1. The maximum Gasteiger partial charge on any atom is 0.246 e. The Kier molecular flexibility index (Phi) is 4.57. The maximum absolute atomic E-state index is 12.2. The van der Waals surface area contributed by atoms with Crippen molar-refractivity contribution in [2.24, 2.45) is 5.73 Å². The number of hydrogen-bond acceptors (Lipinski definition) is 4. The molecule has 2 aliphatic rings. The summed E-state index contributed by atoms with van der Waals surface area (Å²) in [5.41, 5.74) is 7.89. The number of hydrogen-bond donors (Lipinski definition) is 1. The van der Waals surface area contributed by atoms with Gasteiger partial charge in [-0.1, -0.05) is 0 Å². The van der Waals surface area contributed by atoms with Crippen LogP contribution >= 0.6 is 0 Å². The van der Waals surface area contributed by atoms with Crippen LogP contribution < -0.4 is 15.2 Å². The van der Waals surface area contributed by atoms with Gasteiger partial charge in [-0.2, -0.15) is 0 Å². The van der Waals surface area contributed by atoms with E-state index in [4.69, 9.17) is 15.2 Å². The fourth-order valence-corrected chi connectivity index (χ4v) is 3.12. The summed E-state index contributed by atoms with van der Waals surface area (Å²) in [6.45, 7) is 5.96. The molecule has 23 heavy (non-hydrogen) atoms. The third-order valence-electron chi connectivity index (χ3n) is 4.27. The second-order valence-electron chi connectivity index (χ2n) is 6.23. The van der Waals surface area contributed by atoms with E-state index in [1.54, 1.807) is 11.0 Å². The van der Waals surface area contributed by atoms with E-state index in [0.717, 1.165) is 42.0 Å². The third-order valence-corrected chi connectivity index (χ3v) is 4.27. The fourth-order valence-electron chi connectivity index (χ4n) is 3.12. The molecular weight excluding hydrogens is 292 g/mol. The number of carbonyl (C=O) groups is 1. The molecule has 2 unspecified atom stereocenters. The predicted octanol–water partition coefficient (Wildman–Crippen LogP) is 1.98. The first-order chi connectivity index (χ1) is 11.1. The monoisotopic (exact) mass is 316 g/mol. The van der Waals surface area contributed by atoms with Crippen molar-refractivity contribution in [3.05, 3.63) is 29.3 Å². The van der Waals surface area contributed by atoms with Crippen LogP contribution in [0.1, 0.15) is 31.4 Å². The minimum Gasteiger partial charge on any atom is -0.493 e. The van der Waals surface area contributed by atoms with Crippen LogP contribution in [0.5, 0.6) is 11.5 Å². The van der Waals surface area contributed by atoms with Crippen LogP contribution in [0.2, 0.25) is 0 Å². The molecule has 2 heterocycles. The number of fused-ring (bicyclic) bond motifs is 1. The predicted molar refractivity (Wildman–Crippen MR) is 89.6 cm³/mol. The standard InChI is InChI=1S/C18H24N2O3/c1-3-22-16-10-14-8-12(2)23-17(14)9-13(16)4-5-18(21)20-7-6-15(19)11-20/h4-5,9-10,12,15H,3,6-8,11,19H2,1-2H3/b5-4+. The molecule has 0 spiro atoms. The number of carbonyl (C=O) groups excluding carboxylic acids is 1. The number of nitrogens with zero attached hydrogens (tertiary/aromatic N) is 1. The van der Waals surface area contributed by atoms with Crippen LogP contribution in [-0.4, -0.2) is 42.6 Å². The SMILES string of the molecule is CCOc1cc2c(cc1/C=C/C(=O)N1CCC(N)C1)OC(C)C2. The molecule has 1 aromatic rings. The lowest BCUT2D eigenvalue weighted by atomic mass is 10.1. The molecule has 3 rings (SSSR count). The van der Waals surface area contributed by atoms with Crippen LogP contribution in [0.4, 0.5) is 0 Å². The molecule has 1 amide bonds. The molecule has 1 fully saturated rings. The summed E-state index contributed by atoms with van der Waals surface area (Å²) in [5.74, 6) is 1.68. The van der Waals surface area contributed by atoms with Gasteiger partial charge in [-0.3, -0.25) is 4.79 Å². The van der Waals surface area contributed by atoms with Crippen molar-refractivity contribution >= 4 is 12.0 Å². The van der Waals surface area contributed by atoms with E-state index >= 15 is 0 Å². The quantitative estimate of drug-likeness (QED) is 0.863. The van der Waals surface area contributed by atoms with Crippen molar-refractivity contribution in [3.8, 4) is 11.5 Å². The van der Waals surface area contributed by atoms with Gasteiger partial charge in [0.2, 0.25) is 5.91 Å². The van der Waals surface area contributed by atoms with Gasteiger partial charge < -0.3 is 20.1 Å².